The van der Waals surface area contributed by atoms with Crippen LogP contribution in [0, 0.1) is 6.92 Å². The number of nitrogens with one attached hydrogen (secondary N) is 1. The number of rotatable bonds is 13. The molecule has 0 aliphatic carbocycles. The van der Waals surface area contributed by atoms with Gasteiger partial charge in [0, 0.05) is 111 Å². The Balaban J connectivity index is 0.832. The first kappa shape index (κ1) is 44.8. The minimum atomic E-state index is -1.29. The van der Waals surface area contributed by atoms with Gasteiger partial charge in [-0.2, -0.15) is 0 Å². The fraction of sp³-hybridized carbons (Fsp3) is 0.351. The summed E-state index contributed by atoms with van der Waals surface area (Å²) in [5.41, 5.74) is 11.4. The van der Waals surface area contributed by atoms with E-state index < -0.39 is 5.97 Å². The number of amides is 1. The zero-order valence-electron chi connectivity index (χ0n) is 39.2. The highest BCUT2D eigenvalue weighted by Crippen LogP contribution is 2.49. The van der Waals surface area contributed by atoms with Gasteiger partial charge in [0.05, 0.1) is 24.2 Å². The van der Waals surface area contributed by atoms with Gasteiger partial charge >= 0.3 is 0 Å². The quantitative estimate of drug-likeness (QED) is 0.0949. The summed E-state index contributed by atoms with van der Waals surface area (Å²) in [4.78, 5) is 56.9. The first-order valence-electron chi connectivity index (χ1n) is 24.6. The van der Waals surface area contributed by atoms with Gasteiger partial charge in [-0.25, -0.2) is 4.58 Å². The lowest BCUT2D eigenvalue weighted by atomic mass is 9.81. The van der Waals surface area contributed by atoms with Gasteiger partial charge in [0.15, 0.2) is 0 Å². The molecule has 0 saturated carbocycles. The Kier molecular flexibility index (Phi) is 11.9. The second kappa shape index (κ2) is 18.3. The fourth-order valence-electron chi connectivity index (χ4n) is 11.9. The van der Waals surface area contributed by atoms with E-state index in [1.54, 1.807) is 48.1 Å². The van der Waals surface area contributed by atoms with E-state index in [0.29, 0.717) is 70.9 Å². The van der Waals surface area contributed by atoms with E-state index in [9.17, 15) is 24.3 Å². The van der Waals surface area contributed by atoms with Crippen LogP contribution in [0.15, 0.2) is 72.8 Å². The third-order valence-electron chi connectivity index (χ3n) is 15.1. The number of aryl methyl sites for hydroxylation is 2. The van der Waals surface area contributed by atoms with Crippen molar-refractivity contribution in [3.05, 3.63) is 150 Å². The third-order valence-corrected chi connectivity index (χ3v) is 15.3. The van der Waals surface area contributed by atoms with Crippen molar-refractivity contribution >= 4 is 57.3 Å². The molecule has 1 N–H and O–H groups in total. The summed E-state index contributed by atoms with van der Waals surface area (Å²) in [7, 11) is 1.59. The molecule has 0 unspecified atom stereocenters. The number of hydrogen-bond acceptors (Lipinski definition) is 8. The molecule has 1 amide bonds. The van der Waals surface area contributed by atoms with Crippen LogP contribution in [0.3, 0.4) is 0 Å². The Hall–Kier alpha value is -6.72. The summed E-state index contributed by atoms with van der Waals surface area (Å²) < 4.78 is 16.8. The first-order chi connectivity index (χ1) is 33.6. The number of halogens is 1. The number of ketones is 1. The Morgan fingerprint density at radius 2 is 1.55 bits per heavy atom. The van der Waals surface area contributed by atoms with Crippen molar-refractivity contribution in [2.75, 3.05) is 44.7 Å². The van der Waals surface area contributed by atoms with Gasteiger partial charge in [-0.05, 0) is 142 Å². The number of carboxylic acid groups (broad SMARTS) is 1. The predicted octanol–water partition coefficient (Wildman–Crippen LogP) is 7.20. The predicted molar refractivity (Wildman–Crippen MR) is 265 cm³/mol. The second-order valence-corrected chi connectivity index (χ2v) is 19.7. The van der Waals surface area contributed by atoms with Crippen molar-refractivity contribution in [1.29, 1.82) is 0 Å². The molecule has 5 aliphatic rings. The van der Waals surface area contributed by atoms with E-state index in [1.165, 1.54) is 39.4 Å². The number of fused-ring (bicyclic) bond motifs is 5. The zero-order chi connectivity index (χ0) is 47.5. The average molecular weight is 944 g/mol. The lowest BCUT2D eigenvalue weighted by molar-refractivity contribution is -0.255. The fourth-order valence-corrected chi connectivity index (χ4v) is 12.0. The third kappa shape index (κ3) is 7.98. The average Bonchev–Trinajstić information content (AvgIpc) is 3.63. The van der Waals surface area contributed by atoms with Crippen LogP contribution in [0.5, 0.6) is 17.2 Å². The van der Waals surface area contributed by atoms with Crippen LogP contribution in [0.1, 0.15) is 127 Å². The van der Waals surface area contributed by atoms with Crippen molar-refractivity contribution in [2.24, 2.45) is 0 Å². The van der Waals surface area contributed by atoms with Gasteiger partial charge in [0.2, 0.25) is 5.36 Å². The van der Waals surface area contributed by atoms with Gasteiger partial charge < -0.3 is 29.6 Å². The molecule has 11 rings (SSSR count). The van der Waals surface area contributed by atoms with Crippen LogP contribution < -0.4 is 39.9 Å². The molecule has 0 spiro atoms. The number of aromatic nitrogens is 1. The van der Waals surface area contributed by atoms with Crippen LogP contribution in [0.25, 0.3) is 16.5 Å². The highest BCUT2D eigenvalue weighted by atomic mass is 35.5. The summed E-state index contributed by atoms with van der Waals surface area (Å²) in [5.74, 6) is 0.525. The number of benzene rings is 5. The maximum absolute atomic E-state index is 14.0. The number of nitrogens with zero attached hydrogens (tertiary/aromatic N) is 3. The first-order valence-corrected chi connectivity index (χ1v) is 25.0. The monoisotopic (exact) mass is 942 g/mol. The molecule has 6 heterocycles. The maximum Gasteiger partial charge on any atom is 0.262 e. The molecule has 0 atom stereocenters. The van der Waals surface area contributed by atoms with Gasteiger partial charge in [-0.3, -0.25) is 19.0 Å². The molecule has 6 aromatic rings. The Morgan fingerprint density at radius 3 is 2.35 bits per heavy atom. The summed E-state index contributed by atoms with van der Waals surface area (Å²) in [6, 6.07) is 21.6. The van der Waals surface area contributed by atoms with Gasteiger partial charge in [0.1, 0.15) is 36.1 Å². The number of Topliss-reactive ketones (excluding diaryl/α,β-unsaturated/α-hetero) is 1. The topological polar surface area (TPSA) is 133 Å². The lowest BCUT2D eigenvalue weighted by Gasteiger charge is -2.39. The normalized spacial score (nSPS) is 15.4. The maximum atomic E-state index is 14.0. The molecule has 69 heavy (non-hydrogen) atoms. The van der Waals surface area contributed by atoms with E-state index in [4.69, 9.17) is 21.1 Å². The minimum Gasteiger partial charge on any atom is -0.545 e. The lowest BCUT2D eigenvalue weighted by Crippen LogP contribution is -2.45. The van der Waals surface area contributed by atoms with E-state index in [0.717, 1.165) is 116 Å². The van der Waals surface area contributed by atoms with Crippen LogP contribution in [-0.4, -0.2) is 68.0 Å². The number of carbonyl (C=O) groups excluding carboxylic acids is 4. The molecule has 0 saturated heterocycles. The molecule has 0 fully saturated rings. The molecule has 5 aromatic carbocycles. The number of aromatic carboxylic acids is 1. The summed E-state index contributed by atoms with van der Waals surface area (Å²) >= 11 is 6.10. The van der Waals surface area contributed by atoms with Crippen molar-refractivity contribution in [3.8, 4) is 17.2 Å². The molecular weight excluding hydrogens is 888 g/mol. The van der Waals surface area contributed by atoms with Gasteiger partial charge in [-0.15, -0.1) is 0 Å². The van der Waals surface area contributed by atoms with E-state index in [1.807, 2.05) is 25.1 Å². The number of anilines is 1. The van der Waals surface area contributed by atoms with Crippen LogP contribution >= 0.6 is 11.6 Å². The van der Waals surface area contributed by atoms with Crippen LogP contribution in [-0.2, 0) is 36.9 Å². The molecule has 11 nitrogen and oxygen atoms in total. The van der Waals surface area contributed by atoms with Gasteiger partial charge in [0.25, 0.3) is 11.8 Å². The van der Waals surface area contributed by atoms with Crippen molar-refractivity contribution in [1.82, 2.24) is 14.5 Å². The highest BCUT2D eigenvalue weighted by molar-refractivity contribution is 6.30. The molecular formula is C57H55ClN4O7. The molecule has 1 aromatic heterocycles. The van der Waals surface area contributed by atoms with Crippen molar-refractivity contribution in [2.45, 2.75) is 90.4 Å². The Labute approximate surface area is 406 Å². The van der Waals surface area contributed by atoms with Crippen molar-refractivity contribution in [3.63, 3.8) is 0 Å². The standard InChI is InChI=1S/C57H55ClN4O7/c1-33-44(45-32-40(68-2)20-22-49(45)62(33)56(65)34-15-18-38(58)19-16-34)31-39(63)12-4-3-5-23-59-55(64)37-17-21-41(57(66)67)46(30-37)50-47-28-35-10-6-24-60-26-8-13-42(51(35)60)53(47)69-54-43-14-9-27-61-25-7-11-36(52(43)61)29-48(50)54/h15-22,28-30,32H,3-14,23-27,31H2,1-2H3,(H-,59,64,66,67). The Morgan fingerprint density at radius 1 is 0.797 bits per heavy atom. The Bertz CT molecular complexity index is 3290. The van der Waals surface area contributed by atoms with E-state index >= 15 is 0 Å². The van der Waals surface area contributed by atoms with Crippen LogP contribution in [0.4, 0.5) is 5.69 Å². The smallest absolute Gasteiger partial charge is 0.262 e. The van der Waals surface area contributed by atoms with E-state index in [-0.39, 0.29) is 29.6 Å². The number of hydrogen-bond donors (Lipinski definition) is 1. The molecule has 5 aliphatic heterocycles. The second-order valence-electron chi connectivity index (χ2n) is 19.3. The molecule has 12 heteroatoms. The largest absolute Gasteiger partial charge is 0.545 e. The zero-order valence-corrected chi connectivity index (χ0v) is 40.0. The SMILES string of the molecule is COc1ccc2c(c1)c(CC(=O)CCCCCNC(=O)c1ccc(C(=O)[O-])c(C3=c4cc5c6c(c4Oc4c3cc3c7c4CCCN7CCC3)CCC[N+]=6CCC5)c1)c(C)n2C(=O)c1ccc(Cl)cc1. The van der Waals surface area contributed by atoms with E-state index in [2.05, 4.69) is 26.9 Å². The summed E-state index contributed by atoms with van der Waals surface area (Å²) in [6.45, 7) is 6.32. The summed E-state index contributed by atoms with van der Waals surface area (Å²) in [6.07, 6.45) is 10.3. The molecule has 0 radical (unpaired) electrons. The minimum absolute atomic E-state index is 0.0399. The molecule has 352 valence electrons. The number of carboxylic acids is 1. The number of ether oxygens (including phenoxy) is 2. The summed E-state index contributed by atoms with van der Waals surface area (Å²) in [5, 5.41) is 19.7. The van der Waals surface area contributed by atoms with Crippen molar-refractivity contribution < 1.29 is 33.8 Å². The molecule has 0 bridgehead atoms. The highest BCUT2D eigenvalue weighted by Gasteiger charge is 2.36. The number of unbranched alkanes of at least 4 members (excludes halogenated alkanes) is 2. The van der Waals surface area contributed by atoms with Crippen LogP contribution in [0.2, 0.25) is 5.02 Å². The number of carbonyl (C=O) groups is 4. The number of methoxy groups -OCH3 is 1. The van der Waals surface area contributed by atoms with Gasteiger partial charge in [-0.1, -0.05) is 24.1 Å².